The van der Waals surface area contributed by atoms with E-state index in [2.05, 4.69) is 12.2 Å². The number of carbonyl (C=O) groups is 1. The maximum atomic E-state index is 10.9. The fourth-order valence-corrected chi connectivity index (χ4v) is 2.06. The molecule has 4 heteroatoms. The molecule has 0 heterocycles. The third-order valence-electron chi connectivity index (χ3n) is 3.02. The van der Waals surface area contributed by atoms with Crippen LogP contribution in [0.3, 0.4) is 0 Å². The molecule has 4 nitrogen and oxygen atoms in total. The van der Waals surface area contributed by atoms with E-state index in [1.54, 1.807) is 0 Å². The van der Waals surface area contributed by atoms with Gasteiger partial charge in [0.2, 0.25) is 5.91 Å². The van der Waals surface area contributed by atoms with Crippen LogP contribution in [0.2, 0.25) is 0 Å². The highest BCUT2D eigenvalue weighted by molar-refractivity contribution is 5.88. The van der Waals surface area contributed by atoms with Crippen molar-refractivity contribution in [3.63, 3.8) is 0 Å². The van der Waals surface area contributed by atoms with Crippen molar-refractivity contribution in [2.45, 2.75) is 32.4 Å². The van der Waals surface area contributed by atoms with Crippen LogP contribution in [0.15, 0.2) is 24.3 Å². The highest BCUT2D eigenvalue weighted by Crippen LogP contribution is 2.23. The average molecular weight is 250 g/mol. The number of amides is 1. The Balaban J connectivity index is 2.80. The lowest BCUT2D eigenvalue weighted by molar-refractivity contribution is -0.114. The summed E-state index contributed by atoms with van der Waals surface area (Å²) in [6, 6.07) is 7.41. The van der Waals surface area contributed by atoms with Crippen LogP contribution < -0.4 is 5.32 Å². The Morgan fingerprint density at radius 1 is 1.33 bits per heavy atom. The number of rotatable bonds is 5. The molecule has 0 spiro atoms. The molecule has 2 unspecified atom stereocenters. The summed E-state index contributed by atoms with van der Waals surface area (Å²) in [4.78, 5) is 12.9. The predicted molar refractivity (Wildman–Crippen MR) is 73.5 cm³/mol. The molecule has 0 saturated heterocycles. The van der Waals surface area contributed by atoms with E-state index in [4.69, 9.17) is 0 Å². The van der Waals surface area contributed by atoms with E-state index in [-0.39, 0.29) is 11.9 Å². The number of hydrogen-bond donors (Lipinski definition) is 2. The number of aliphatic hydroxyl groups is 1. The van der Waals surface area contributed by atoms with E-state index in [0.717, 1.165) is 17.7 Å². The van der Waals surface area contributed by atoms with Crippen LogP contribution in [-0.2, 0) is 4.79 Å². The van der Waals surface area contributed by atoms with Crippen molar-refractivity contribution in [2.24, 2.45) is 0 Å². The summed E-state index contributed by atoms with van der Waals surface area (Å²) in [5, 5.41) is 13.0. The second kappa shape index (κ2) is 6.52. The second-order valence-corrected chi connectivity index (χ2v) is 4.69. The molecule has 1 aromatic rings. The van der Waals surface area contributed by atoms with E-state index in [9.17, 15) is 9.90 Å². The SMILES string of the molecule is CCC(C(O)c1ccc(NC(C)=O)cc1)N(C)C. The summed E-state index contributed by atoms with van der Waals surface area (Å²) in [6.45, 7) is 3.53. The Bertz CT molecular complexity index is 387. The van der Waals surface area contributed by atoms with Gasteiger partial charge in [0.15, 0.2) is 0 Å². The first-order valence-corrected chi connectivity index (χ1v) is 6.17. The van der Waals surface area contributed by atoms with Crippen molar-refractivity contribution < 1.29 is 9.90 Å². The number of nitrogens with zero attached hydrogens (tertiary/aromatic N) is 1. The molecule has 1 rings (SSSR count). The third-order valence-corrected chi connectivity index (χ3v) is 3.02. The molecule has 0 saturated carbocycles. The molecule has 0 aliphatic carbocycles. The number of benzene rings is 1. The number of anilines is 1. The minimum absolute atomic E-state index is 0.0941. The molecule has 0 aliphatic rings. The molecule has 0 aliphatic heterocycles. The van der Waals surface area contributed by atoms with Crippen molar-refractivity contribution in [1.82, 2.24) is 4.90 Å². The van der Waals surface area contributed by atoms with E-state index >= 15 is 0 Å². The van der Waals surface area contributed by atoms with Gasteiger partial charge in [0.25, 0.3) is 0 Å². The Labute approximate surface area is 109 Å². The maximum Gasteiger partial charge on any atom is 0.221 e. The Hall–Kier alpha value is -1.39. The zero-order chi connectivity index (χ0) is 13.7. The molecule has 0 fully saturated rings. The normalized spacial score (nSPS) is 14.3. The lowest BCUT2D eigenvalue weighted by Gasteiger charge is -2.28. The monoisotopic (exact) mass is 250 g/mol. The molecule has 1 amide bonds. The zero-order valence-electron chi connectivity index (χ0n) is 11.5. The van der Waals surface area contributed by atoms with E-state index < -0.39 is 6.10 Å². The van der Waals surface area contributed by atoms with Crippen LogP contribution in [0.4, 0.5) is 5.69 Å². The van der Waals surface area contributed by atoms with Gasteiger partial charge in [-0.3, -0.25) is 4.79 Å². The first kappa shape index (κ1) is 14.7. The van der Waals surface area contributed by atoms with Crippen LogP contribution in [0, 0.1) is 0 Å². The summed E-state index contributed by atoms with van der Waals surface area (Å²) in [5.41, 5.74) is 1.61. The van der Waals surface area contributed by atoms with Gasteiger partial charge in [-0.1, -0.05) is 19.1 Å². The topological polar surface area (TPSA) is 52.6 Å². The minimum atomic E-state index is -0.517. The van der Waals surface area contributed by atoms with E-state index in [0.29, 0.717) is 0 Å². The van der Waals surface area contributed by atoms with Gasteiger partial charge in [0.1, 0.15) is 0 Å². The summed E-state index contributed by atoms with van der Waals surface area (Å²) in [7, 11) is 3.92. The van der Waals surface area contributed by atoms with Gasteiger partial charge in [-0.2, -0.15) is 0 Å². The van der Waals surface area contributed by atoms with Crippen molar-refractivity contribution in [3.05, 3.63) is 29.8 Å². The lowest BCUT2D eigenvalue weighted by Crippen LogP contribution is -2.33. The Morgan fingerprint density at radius 2 is 1.89 bits per heavy atom. The van der Waals surface area contributed by atoms with Gasteiger partial charge in [0, 0.05) is 18.7 Å². The molecule has 0 radical (unpaired) electrons. The summed E-state index contributed by atoms with van der Waals surface area (Å²) < 4.78 is 0. The standard InChI is InChI=1S/C14H22N2O2/c1-5-13(16(3)4)14(18)11-6-8-12(9-7-11)15-10(2)17/h6-9,13-14,18H,5H2,1-4H3,(H,15,17). The molecule has 18 heavy (non-hydrogen) atoms. The van der Waals surface area contributed by atoms with Crippen molar-refractivity contribution in [3.8, 4) is 0 Å². The van der Waals surface area contributed by atoms with Gasteiger partial charge in [-0.25, -0.2) is 0 Å². The first-order valence-electron chi connectivity index (χ1n) is 6.17. The number of hydrogen-bond acceptors (Lipinski definition) is 3. The Morgan fingerprint density at radius 3 is 2.28 bits per heavy atom. The van der Waals surface area contributed by atoms with Crippen molar-refractivity contribution in [2.75, 3.05) is 19.4 Å². The number of likely N-dealkylation sites (N-methyl/N-ethyl adjacent to an activating group) is 1. The second-order valence-electron chi connectivity index (χ2n) is 4.69. The van der Waals surface area contributed by atoms with Gasteiger partial charge in [-0.05, 0) is 38.2 Å². The van der Waals surface area contributed by atoms with Crippen LogP contribution in [0.5, 0.6) is 0 Å². The summed E-state index contributed by atoms with van der Waals surface area (Å²) >= 11 is 0. The van der Waals surface area contributed by atoms with Gasteiger partial charge >= 0.3 is 0 Å². The average Bonchev–Trinajstić information content (AvgIpc) is 2.29. The fraction of sp³-hybridized carbons (Fsp3) is 0.500. The molecule has 0 aromatic heterocycles. The number of nitrogens with one attached hydrogen (secondary N) is 1. The molecule has 0 bridgehead atoms. The van der Waals surface area contributed by atoms with Crippen molar-refractivity contribution >= 4 is 11.6 Å². The van der Waals surface area contributed by atoms with Crippen LogP contribution in [0.1, 0.15) is 31.9 Å². The Kier molecular flexibility index (Phi) is 5.31. The molecular formula is C14H22N2O2. The molecule has 100 valence electrons. The van der Waals surface area contributed by atoms with Crippen LogP contribution in [0.25, 0.3) is 0 Å². The van der Waals surface area contributed by atoms with E-state index in [1.165, 1.54) is 6.92 Å². The maximum absolute atomic E-state index is 10.9. The highest BCUT2D eigenvalue weighted by Gasteiger charge is 2.20. The number of aliphatic hydroxyl groups excluding tert-OH is 1. The minimum Gasteiger partial charge on any atom is -0.387 e. The van der Waals surface area contributed by atoms with E-state index in [1.807, 2.05) is 43.3 Å². The number of carbonyl (C=O) groups excluding carboxylic acids is 1. The lowest BCUT2D eigenvalue weighted by atomic mass is 9.99. The quantitative estimate of drug-likeness (QED) is 0.840. The van der Waals surface area contributed by atoms with Crippen LogP contribution >= 0.6 is 0 Å². The van der Waals surface area contributed by atoms with Gasteiger partial charge in [-0.15, -0.1) is 0 Å². The molecule has 1 aromatic carbocycles. The van der Waals surface area contributed by atoms with Gasteiger partial charge in [0.05, 0.1) is 6.10 Å². The first-order chi connectivity index (χ1) is 8.45. The highest BCUT2D eigenvalue weighted by atomic mass is 16.3. The zero-order valence-corrected chi connectivity index (χ0v) is 11.5. The predicted octanol–water partition coefficient (Wildman–Crippen LogP) is 2.02. The smallest absolute Gasteiger partial charge is 0.221 e. The molecular weight excluding hydrogens is 228 g/mol. The van der Waals surface area contributed by atoms with Gasteiger partial charge < -0.3 is 15.3 Å². The third kappa shape index (κ3) is 3.82. The molecule has 2 atom stereocenters. The largest absolute Gasteiger partial charge is 0.387 e. The fourth-order valence-electron chi connectivity index (χ4n) is 2.06. The molecule has 2 N–H and O–H groups in total. The summed E-state index contributed by atoms with van der Waals surface area (Å²) in [6.07, 6.45) is 0.359. The van der Waals surface area contributed by atoms with Crippen LogP contribution in [-0.4, -0.2) is 36.1 Å². The summed E-state index contributed by atoms with van der Waals surface area (Å²) in [5.74, 6) is -0.0944. The van der Waals surface area contributed by atoms with Crippen molar-refractivity contribution in [1.29, 1.82) is 0 Å².